The van der Waals surface area contributed by atoms with Gasteiger partial charge in [-0.1, -0.05) is 5.92 Å². The SMILES string of the molecule is C#CC(CCCNC(=O)OCC)(NC(=O)OCC)C(=O)O. The summed E-state index contributed by atoms with van der Waals surface area (Å²) in [5, 5.41) is 13.8. The van der Waals surface area contributed by atoms with E-state index in [1.54, 1.807) is 13.8 Å². The summed E-state index contributed by atoms with van der Waals surface area (Å²) < 4.78 is 9.28. The quantitative estimate of drug-likeness (QED) is 0.449. The highest BCUT2D eigenvalue weighted by atomic mass is 16.6. The summed E-state index contributed by atoms with van der Waals surface area (Å²) in [4.78, 5) is 33.7. The molecule has 21 heavy (non-hydrogen) atoms. The molecular weight excluding hydrogens is 280 g/mol. The summed E-state index contributed by atoms with van der Waals surface area (Å²) in [5.74, 6) is 0.696. The lowest BCUT2D eigenvalue weighted by Crippen LogP contribution is -2.54. The third kappa shape index (κ3) is 6.51. The summed E-state index contributed by atoms with van der Waals surface area (Å²) in [6.07, 6.45) is 3.90. The number of alkyl carbamates (subject to hydrolysis) is 2. The van der Waals surface area contributed by atoms with Crippen molar-refractivity contribution in [1.82, 2.24) is 10.6 Å². The van der Waals surface area contributed by atoms with Crippen molar-refractivity contribution in [2.24, 2.45) is 0 Å². The maximum atomic E-state index is 11.4. The van der Waals surface area contributed by atoms with Gasteiger partial charge in [-0.05, 0) is 26.7 Å². The molecule has 0 aromatic carbocycles. The molecule has 0 saturated heterocycles. The van der Waals surface area contributed by atoms with Crippen LogP contribution in [-0.4, -0.2) is 48.6 Å². The van der Waals surface area contributed by atoms with Gasteiger partial charge in [-0.3, -0.25) is 5.32 Å². The molecule has 8 nitrogen and oxygen atoms in total. The van der Waals surface area contributed by atoms with Crippen LogP contribution in [0.2, 0.25) is 0 Å². The third-order valence-electron chi connectivity index (χ3n) is 2.48. The number of rotatable bonds is 8. The largest absolute Gasteiger partial charge is 0.479 e. The lowest BCUT2D eigenvalue weighted by molar-refractivity contribution is -0.142. The van der Waals surface area contributed by atoms with Crippen molar-refractivity contribution in [1.29, 1.82) is 0 Å². The van der Waals surface area contributed by atoms with Crippen LogP contribution < -0.4 is 10.6 Å². The lowest BCUT2D eigenvalue weighted by Gasteiger charge is -2.24. The molecule has 0 heterocycles. The van der Waals surface area contributed by atoms with E-state index in [4.69, 9.17) is 6.42 Å². The van der Waals surface area contributed by atoms with E-state index >= 15 is 0 Å². The lowest BCUT2D eigenvalue weighted by atomic mass is 9.94. The van der Waals surface area contributed by atoms with Crippen LogP contribution in [0.5, 0.6) is 0 Å². The van der Waals surface area contributed by atoms with Crippen molar-refractivity contribution in [3.63, 3.8) is 0 Å². The Labute approximate surface area is 123 Å². The minimum Gasteiger partial charge on any atom is -0.479 e. The van der Waals surface area contributed by atoms with Crippen molar-refractivity contribution in [3.8, 4) is 12.3 Å². The van der Waals surface area contributed by atoms with Crippen LogP contribution in [0.15, 0.2) is 0 Å². The highest BCUT2D eigenvalue weighted by molar-refractivity contribution is 5.88. The number of amides is 2. The number of carbonyl (C=O) groups is 3. The van der Waals surface area contributed by atoms with Crippen LogP contribution in [-0.2, 0) is 14.3 Å². The number of carboxylic acid groups (broad SMARTS) is 1. The van der Waals surface area contributed by atoms with Crippen LogP contribution in [0, 0.1) is 12.3 Å². The molecule has 0 rings (SSSR count). The molecule has 0 aliphatic carbocycles. The highest BCUT2D eigenvalue weighted by Crippen LogP contribution is 2.13. The Morgan fingerprint density at radius 1 is 1.19 bits per heavy atom. The Balaban J connectivity index is 4.50. The molecule has 2 amide bonds. The standard InChI is InChI=1S/C13H20N2O6/c1-4-13(10(16)17,15-12(19)21-6-3)8-7-9-14-11(18)20-5-2/h1H,5-9H2,2-3H3,(H,14,18)(H,15,19)(H,16,17). The number of hydrogen-bond acceptors (Lipinski definition) is 5. The van der Waals surface area contributed by atoms with Crippen LogP contribution in [0.25, 0.3) is 0 Å². The van der Waals surface area contributed by atoms with Gasteiger partial charge in [0.15, 0.2) is 0 Å². The predicted molar refractivity (Wildman–Crippen MR) is 73.6 cm³/mol. The summed E-state index contributed by atoms with van der Waals surface area (Å²) in [6.45, 7) is 3.74. The van der Waals surface area contributed by atoms with E-state index in [0.717, 1.165) is 0 Å². The van der Waals surface area contributed by atoms with Crippen LogP contribution in [0.1, 0.15) is 26.7 Å². The summed E-state index contributed by atoms with van der Waals surface area (Å²) in [7, 11) is 0. The number of terminal acetylenes is 1. The van der Waals surface area contributed by atoms with Gasteiger partial charge in [-0.2, -0.15) is 0 Å². The molecule has 8 heteroatoms. The monoisotopic (exact) mass is 300 g/mol. The van der Waals surface area contributed by atoms with E-state index in [-0.39, 0.29) is 32.6 Å². The first-order valence-corrected chi connectivity index (χ1v) is 6.48. The van der Waals surface area contributed by atoms with Crippen molar-refractivity contribution in [3.05, 3.63) is 0 Å². The number of hydrogen-bond donors (Lipinski definition) is 3. The van der Waals surface area contributed by atoms with E-state index in [0.29, 0.717) is 0 Å². The molecule has 0 spiro atoms. The molecule has 3 N–H and O–H groups in total. The maximum Gasteiger partial charge on any atom is 0.408 e. The summed E-state index contributed by atoms with van der Waals surface area (Å²) in [6, 6.07) is 0. The zero-order valence-electron chi connectivity index (χ0n) is 12.1. The zero-order valence-corrected chi connectivity index (χ0v) is 12.1. The fourth-order valence-corrected chi connectivity index (χ4v) is 1.46. The van der Waals surface area contributed by atoms with Crippen LogP contribution >= 0.6 is 0 Å². The molecule has 0 saturated carbocycles. The second-order valence-corrected chi connectivity index (χ2v) is 3.95. The summed E-state index contributed by atoms with van der Waals surface area (Å²) in [5.41, 5.74) is -1.87. The second kappa shape index (κ2) is 9.47. The van der Waals surface area contributed by atoms with Crippen molar-refractivity contribution >= 4 is 18.2 Å². The normalized spacial score (nSPS) is 12.4. The molecule has 0 fully saturated rings. The Hall–Kier alpha value is -2.43. The molecule has 118 valence electrons. The molecular formula is C13H20N2O6. The molecule has 0 aliphatic heterocycles. The first-order chi connectivity index (χ1) is 9.91. The number of nitrogens with one attached hydrogen (secondary N) is 2. The van der Waals surface area contributed by atoms with Gasteiger partial charge in [0.05, 0.1) is 13.2 Å². The smallest absolute Gasteiger partial charge is 0.408 e. The average molecular weight is 300 g/mol. The first kappa shape index (κ1) is 18.6. The van der Waals surface area contributed by atoms with E-state index in [9.17, 15) is 19.5 Å². The Bertz CT molecular complexity index is 417. The molecule has 0 aliphatic rings. The maximum absolute atomic E-state index is 11.4. The predicted octanol–water partition coefficient (Wildman–Crippen LogP) is 0.715. The highest BCUT2D eigenvalue weighted by Gasteiger charge is 2.38. The van der Waals surface area contributed by atoms with Crippen molar-refractivity contribution < 1.29 is 29.0 Å². The number of ether oxygens (including phenoxy) is 2. The van der Waals surface area contributed by atoms with Gasteiger partial charge in [0.1, 0.15) is 0 Å². The molecule has 0 radical (unpaired) electrons. The van der Waals surface area contributed by atoms with E-state index < -0.39 is 23.7 Å². The molecule has 0 aromatic rings. The molecule has 1 unspecified atom stereocenters. The Kier molecular flexibility index (Phi) is 8.37. The first-order valence-electron chi connectivity index (χ1n) is 6.48. The fraction of sp³-hybridized carbons (Fsp3) is 0.615. The summed E-state index contributed by atoms with van der Waals surface area (Å²) >= 11 is 0. The van der Waals surface area contributed by atoms with Gasteiger partial charge in [-0.25, -0.2) is 14.4 Å². The van der Waals surface area contributed by atoms with Crippen LogP contribution in [0.4, 0.5) is 9.59 Å². The van der Waals surface area contributed by atoms with Gasteiger partial charge < -0.3 is 19.9 Å². The number of aliphatic carboxylic acids is 1. The topological polar surface area (TPSA) is 114 Å². The third-order valence-corrected chi connectivity index (χ3v) is 2.48. The van der Waals surface area contributed by atoms with E-state index in [1.165, 1.54) is 0 Å². The van der Waals surface area contributed by atoms with E-state index in [1.807, 2.05) is 0 Å². The zero-order chi connectivity index (χ0) is 16.3. The number of carboxylic acids is 1. The van der Waals surface area contributed by atoms with Gasteiger partial charge in [0.25, 0.3) is 0 Å². The molecule has 1 atom stereocenters. The van der Waals surface area contributed by atoms with E-state index in [2.05, 4.69) is 26.0 Å². The number of carbonyl (C=O) groups excluding carboxylic acids is 2. The fourth-order valence-electron chi connectivity index (χ4n) is 1.46. The van der Waals surface area contributed by atoms with Crippen molar-refractivity contribution in [2.45, 2.75) is 32.2 Å². The minimum atomic E-state index is -1.87. The van der Waals surface area contributed by atoms with Gasteiger partial charge >= 0.3 is 18.2 Å². The van der Waals surface area contributed by atoms with Gasteiger partial charge in [-0.15, -0.1) is 6.42 Å². The molecule has 0 bridgehead atoms. The second-order valence-electron chi connectivity index (χ2n) is 3.95. The Morgan fingerprint density at radius 3 is 2.24 bits per heavy atom. The minimum absolute atomic E-state index is 0.0654. The van der Waals surface area contributed by atoms with Crippen LogP contribution in [0.3, 0.4) is 0 Å². The average Bonchev–Trinajstić information content (AvgIpc) is 2.42. The molecule has 0 aromatic heterocycles. The van der Waals surface area contributed by atoms with Gasteiger partial charge in [0.2, 0.25) is 5.54 Å². The van der Waals surface area contributed by atoms with Crippen molar-refractivity contribution in [2.75, 3.05) is 19.8 Å². The Morgan fingerprint density at radius 2 is 1.76 bits per heavy atom. The van der Waals surface area contributed by atoms with Gasteiger partial charge in [0, 0.05) is 6.54 Å².